The minimum absolute atomic E-state index is 1.02. The molecular formula is C25H43Br. The third-order valence-corrected chi connectivity index (χ3v) is 5.39. The van der Waals surface area contributed by atoms with Gasteiger partial charge in [-0.1, -0.05) is 125 Å². The summed E-state index contributed by atoms with van der Waals surface area (Å²) in [6, 6.07) is 0. The summed E-state index contributed by atoms with van der Waals surface area (Å²) in [7, 11) is 0. The maximum atomic E-state index is 3.48. The molecule has 0 fully saturated rings. The highest BCUT2D eigenvalue weighted by molar-refractivity contribution is 9.09. The smallest absolute Gasteiger partial charge is 0.00989 e. The molecule has 0 nitrogen and oxygen atoms in total. The molecule has 0 aliphatic heterocycles. The summed E-state index contributed by atoms with van der Waals surface area (Å²) in [4.78, 5) is 0. The first kappa shape index (κ1) is 25.6. The lowest BCUT2D eigenvalue weighted by atomic mass is 10.1. The molecule has 0 aromatic carbocycles. The van der Waals surface area contributed by atoms with Crippen molar-refractivity contribution in [3.63, 3.8) is 0 Å². The lowest BCUT2D eigenvalue weighted by Crippen LogP contribution is -1.81. The fraction of sp³-hybridized carbons (Fsp3) is 0.840. The van der Waals surface area contributed by atoms with Crippen molar-refractivity contribution >= 4 is 15.9 Å². The molecule has 0 amide bonds. The van der Waals surface area contributed by atoms with E-state index in [1.807, 2.05) is 0 Å². The predicted octanol–water partition coefficient (Wildman–Crippen LogP) is 8.82. The van der Waals surface area contributed by atoms with E-state index < -0.39 is 0 Å². The molecule has 0 saturated carbocycles. The van der Waals surface area contributed by atoms with Gasteiger partial charge in [-0.15, -0.1) is 0 Å². The monoisotopic (exact) mass is 422 g/mol. The Bertz CT molecular complexity index is 376. The second-order valence-electron chi connectivity index (χ2n) is 7.45. The van der Waals surface area contributed by atoms with E-state index in [4.69, 9.17) is 0 Å². The first-order chi connectivity index (χ1) is 12.9. The van der Waals surface area contributed by atoms with Crippen LogP contribution in [0.3, 0.4) is 0 Å². The van der Waals surface area contributed by atoms with Crippen LogP contribution in [0.15, 0.2) is 0 Å². The van der Waals surface area contributed by atoms with Crippen LogP contribution in [0.1, 0.15) is 129 Å². The zero-order chi connectivity index (χ0) is 19.0. The Balaban J connectivity index is 3.22. The van der Waals surface area contributed by atoms with Crippen LogP contribution in [-0.2, 0) is 0 Å². The summed E-state index contributed by atoms with van der Waals surface area (Å²) in [5, 5.41) is 1.16. The van der Waals surface area contributed by atoms with E-state index in [2.05, 4.69) is 46.5 Å². The Morgan fingerprint density at radius 1 is 0.462 bits per heavy atom. The molecule has 150 valence electrons. The predicted molar refractivity (Wildman–Crippen MR) is 123 cm³/mol. The van der Waals surface area contributed by atoms with Gasteiger partial charge in [-0.25, -0.2) is 0 Å². The lowest BCUT2D eigenvalue weighted by Gasteiger charge is -2.00. The minimum Gasteiger partial charge on any atom is -0.0928 e. The van der Waals surface area contributed by atoms with E-state index in [0.717, 1.165) is 18.2 Å². The zero-order valence-corrected chi connectivity index (χ0v) is 19.1. The van der Waals surface area contributed by atoms with Crippen molar-refractivity contribution in [2.24, 2.45) is 0 Å². The van der Waals surface area contributed by atoms with E-state index in [1.54, 1.807) is 0 Å². The molecule has 0 aromatic rings. The number of unbranched alkanes of at least 4 members (excludes halogenated alkanes) is 17. The Morgan fingerprint density at radius 3 is 1.19 bits per heavy atom. The molecule has 0 saturated heterocycles. The largest absolute Gasteiger partial charge is 0.0928 e. The number of halogens is 1. The van der Waals surface area contributed by atoms with Gasteiger partial charge in [0.2, 0.25) is 0 Å². The average Bonchev–Trinajstić information content (AvgIpc) is 2.66. The second kappa shape index (κ2) is 24.6. The van der Waals surface area contributed by atoms with Gasteiger partial charge >= 0.3 is 0 Å². The van der Waals surface area contributed by atoms with E-state index in [0.29, 0.717) is 0 Å². The van der Waals surface area contributed by atoms with Crippen molar-refractivity contribution in [2.75, 3.05) is 5.33 Å². The fourth-order valence-corrected chi connectivity index (χ4v) is 3.50. The summed E-state index contributed by atoms with van der Waals surface area (Å²) in [5.74, 6) is 12.5. The maximum Gasteiger partial charge on any atom is 0.00989 e. The van der Waals surface area contributed by atoms with Gasteiger partial charge in [-0.3, -0.25) is 0 Å². The van der Waals surface area contributed by atoms with Gasteiger partial charge in [0.15, 0.2) is 0 Å². The third kappa shape index (κ3) is 23.6. The minimum atomic E-state index is 1.02. The topological polar surface area (TPSA) is 0 Å². The van der Waals surface area contributed by atoms with Gasteiger partial charge in [0.1, 0.15) is 0 Å². The summed E-state index contributed by atoms with van der Waals surface area (Å²) in [5.41, 5.74) is 0. The zero-order valence-electron chi connectivity index (χ0n) is 17.5. The van der Waals surface area contributed by atoms with Crippen LogP contribution in [0.4, 0.5) is 0 Å². The fourth-order valence-electron chi connectivity index (χ4n) is 3.11. The third-order valence-electron chi connectivity index (χ3n) is 4.83. The van der Waals surface area contributed by atoms with Gasteiger partial charge < -0.3 is 0 Å². The van der Waals surface area contributed by atoms with Crippen LogP contribution >= 0.6 is 15.9 Å². The van der Waals surface area contributed by atoms with Crippen molar-refractivity contribution in [1.82, 2.24) is 0 Å². The highest BCUT2D eigenvalue weighted by Crippen LogP contribution is 2.11. The number of rotatable bonds is 18. The molecule has 0 bridgehead atoms. The number of hydrogen-bond donors (Lipinski definition) is 0. The van der Waals surface area contributed by atoms with Crippen LogP contribution in [0.5, 0.6) is 0 Å². The van der Waals surface area contributed by atoms with Crippen LogP contribution in [0.25, 0.3) is 0 Å². The molecule has 1 heteroatoms. The van der Waals surface area contributed by atoms with Gasteiger partial charge in [-0.05, 0) is 31.1 Å². The molecule has 0 heterocycles. The van der Waals surface area contributed by atoms with Crippen molar-refractivity contribution < 1.29 is 0 Å². The van der Waals surface area contributed by atoms with Crippen molar-refractivity contribution in [3.05, 3.63) is 0 Å². The summed E-state index contributed by atoms with van der Waals surface area (Å²) in [6.45, 7) is 2.28. The average molecular weight is 424 g/mol. The van der Waals surface area contributed by atoms with E-state index in [1.165, 1.54) is 109 Å². The molecular weight excluding hydrogens is 380 g/mol. The molecule has 26 heavy (non-hydrogen) atoms. The van der Waals surface area contributed by atoms with Crippen LogP contribution in [0, 0.1) is 23.7 Å². The first-order valence-corrected chi connectivity index (χ1v) is 12.6. The summed E-state index contributed by atoms with van der Waals surface area (Å²) >= 11 is 3.48. The highest BCUT2D eigenvalue weighted by Gasteiger charge is 1.92. The number of hydrogen-bond acceptors (Lipinski definition) is 0. The van der Waals surface area contributed by atoms with Crippen molar-refractivity contribution in [3.8, 4) is 23.7 Å². The molecule has 0 N–H and O–H groups in total. The molecule has 0 aliphatic carbocycles. The van der Waals surface area contributed by atoms with Gasteiger partial charge in [0.05, 0.1) is 0 Å². The van der Waals surface area contributed by atoms with Gasteiger partial charge in [0, 0.05) is 18.2 Å². The van der Waals surface area contributed by atoms with Crippen LogP contribution in [0.2, 0.25) is 0 Å². The Morgan fingerprint density at radius 2 is 0.808 bits per heavy atom. The molecule has 0 spiro atoms. The Labute approximate surface area is 173 Å². The Kier molecular flexibility index (Phi) is 24.2. The van der Waals surface area contributed by atoms with Gasteiger partial charge in [0.25, 0.3) is 0 Å². The van der Waals surface area contributed by atoms with Gasteiger partial charge in [-0.2, -0.15) is 0 Å². The second-order valence-corrected chi connectivity index (χ2v) is 8.24. The molecule has 0 rings (SSSR count). The standard InChI is InChI=1S/C25H43Br/c1-2-3-4-5-6-7-8-9-10-11-12-13-14-15-16-17-18-19-20-21-22-23-24-25-26/h2-12,17-25H2,1H3. The Hall–Kier alpha value is -0.400. The molecule has 0 atom stereocenters. The summed E-state index contributed by atoms with van der Waals surface area (Å²) < 4.78 is 0. The van der Waals surface area contributed by atoms with E-state index in [-0.39, 0.29) is 0 Å². The van der Waals surface area contributed by atoms with E-state index >= 15 is 0 Å². The number of alkyl halides is 1. The molecule has 0 unspecified atom stereocenters. The molecule has 0 radical (unpaired) electrons. The maximum absolute atomic E-state index is 3.48. The molecule has 0 aromatic heterocycles. The van der Waals surface area contributed by atoms with Crippen LogP contribution < -0.4 is 0 Å². The highest BCUT2D eigenvalue weighted by atomic mass is 79.9. The summed E-state index contributed by atoms with van der Waals surface area (Å²) in [6.07, 6.45) is 25.4. The normalized spacial score (nSPS) is 10.1. The first-order valence-electron chi connectivity index (χ1n) is 11.4. The van der Waals surface area contributed by atoms with Crippen LogP contribution in [-0.4, -0.2) is 5.33 Å². The van der Waals surface area contributed by atoms with Crippen molar-refractivity contribution in [1.29, 1.82) is 0 Å². The lowest BCUT2D eigenvalue weighted by molar-refractivity contribution is 0.558. The quantitative estimate of drug-likeness (QED) is 0.117. The van der Waals surface area contributed by atoms with Crippen molar-refractivity contribution in [2.45, 2.75) is 129 Å². The van der Waals surface area contributed by atoms with E-state index in [9.17, 15) is 0 Å². The SMILES string of the molecule is CCCCCCCCCCCCC#CC#CCCCCCCCCCBr. The molecule has 0 aliphatic rings.